The highest BCUT2D eigenvalue weighted by Crippen LogP contribution is 2.27. The van der Waals surface area contributed by atoms with Crippen LogP contribution < -0.4 is 4.74 Å². The van der Waals surface area contributed by atoms with Crippen molar-refractivity contribution in [3.05, 3.63) is 60.9 Å². The van der Waals surface area contributed by atoms with Crippen molar-refractivity contribution < 1.29 is 13.2 Å². The normalized spacial score (nSPS) is 18.8. The number of aromatic nitrogens is 1. The lowest BCUT2D eigenvalue weighted by atomic mass is 10.0. The number of hydrogen-bond acceptors (Lipinski definition) is 4. The Hall–Kier alpha value is -2.40. The number of hydrogen-bond donors (Lipinski definition) is 0. The molecule has 1 aliphatic rings. The van der Waals surface area contributed by atoms with E-state index in [1.54, 1.807) is 6.20 Å². The number of fused-ring (bicyclic) bond motifs is 1. The summed E-state index contributed by atoms with van der Waals surface area (Å²) in [6.45, 7) is 0.550. The van der Waals surface area contributed by atoms with Crippen LogP contribution in [0, 0.1) is 5.92 Å². The first-order valence-electron chi connectivity index (χ1n) is 8.86. The fourth-order valence-corrected chi connectivity index (χ4v) is 5.38. The van der Waals surface area contributed by atoms with Gasteiger partial charge in [-0.3, -0.25) is 4.98 Å². The van der Waals surface area contributed by atoms with Crippen LogP contribution in [0.5, 0.6) is 5.75 Å². The van der Waals surface area contributed by atoms with Crippen molar-refractivity contribution >= 4 is 20.6 Å². The van der Waals surface area contributed by atoms with Gasteiger partial charge in [-0.1, -0.05) is 24.3 Å². The van der Waals surface area contributed by atoms with Gasteiger partial charge in [0.2, 0.25) is 0 Å². The second kappa shape index (κ2) is 7.08. The quantitative estimate of drug-likeness (QED) is 0.681. The fraction of sp³-hybridized carbons (Fsp3) is 0.286. The van der Waals surface area contributed by atoms with E-state index in [9.17, 15) is 8.42 Å². The molecule has 1 aliphatic heterocycles. The lowest BCUT2D eigenvalue weighted by Gasteiger charge is -2.11. The van der Waals surface area contributed by atoms with Crippen LogP contribution in [0.4, 0.5) is 0 Å². The van der Waals surface area contributed by atoms with Crippen LogP contribution in [0.15, 0.2) is 60.9 Å². The van der Waals surface area contributed by atoms with Crippen molar-refractivity contribution in [3.8, 4) is 16.9 Å². The summed E-state index contributed by atoms with van der Waals surface area (Å²) in [7, 11) is -2.81. The van der Waals surface area contributed by atoms with Gasteiger partial charge in [0.1, 0.15) is 5.75 Å². The summed E-state index contributed by atoms with van der Waals surface area (Å²) in [5.41, 5.74) is 2.21. The number of benzene rings is 2. The number of ether oxygens (including phenoxy) is 1. The van der Waals surface area contributed by atoms with Crippen molar-refractivity contribution in [1.29, 1.82) is 0 Å². The molecule has 4 nitrogen and oxygen atoms in total. The monoisotopic (exact) mass is 367 g/mol. The highest BCUT2D eigenvalue weighted by Gasteiger charge is 2.27. The Labute approximate surface area is 153 Å². The first-order valence-corrected chi connectivity index (χ1v) is 10.7. The minimum atomic E-state index is -2.81. The molecule has 0 saturated carbocycles. The predicted octanol–water partition coefficient (Wildman–Crippen LogP) is 4.11. The molecule has 0 radical (unpaired) electrons. The molecule has 0 amide bonds. The van der Waals surface area contributed by atoms with Crippen LogP contribution in [-0.4, -0.2) is 31.5 Å². The van der Waals surface area contributed by atoms with Crippen LogP contribution in [0.2, 0.25) is 0 Å². The lowest BCUT2D eigenvalue weighted by Crippen LogP contribution is -2.09. The molecule has 2 heterocycles. The van der Waals surface area contributed by atoms with E-state index >= 15 is 0 Å². The van der Waals surface area contributed by atoms with Gasteiger partial charge in [-0.25, -0.2) is 8.42 Å². The molecule has 1 unspecified atom stereocenters. The summed E-state index contributed by atoms with van der Waals surface area (Å²) in [4.78, 5) is 4.18. The molecule has 1 fully saturated rings. The second-order valence-corrected chi connectivity index (χ2v) is 9.10. The van der Waals surface area contributed by atoms with Gasteiger partial charge < -0.3 is 4.74 Å². The molecular formula is C21H21NO3S. The maximum atomic E-state index is 11.5. The summed E-state index contributed by atoms with van der Waals surface area (Å²) in [6.07, 6.45) is 5.17. The highest BCUT2D eigenvalue weighted by molar-refractivity contribution is 7.91. The van der Waals surface area contributed by atoms with E-state index in [1.165, 1.54) is 0 Å². The molecule has 1 atom stereocenters. The molecule has 134 valence electrons. The molecule has 0 N–H and O–H groups in total. The number of pyridine rings is 1. The van der Waals surface area contributed by atoms with E-state index in [2.05, 4.69) is 29.2 Å². The van der Waals surface area contributed by atoms with Gasteiger partial charge in [-0.05, 0) is 59.4 Å². The third-order valence-corrected chi connectivity index (χ3v) is 6.77. The standard InChI is InChI=1S/C21H21NO3S/c23-26(24)11-8-16(15-26)7-10-25-21-6-5-17-3-4-18(12-20(17)13-21)19-2-1-9-22-14-19/h1-6,9,12-14,16H,7-8,10-11,15H2. The SMILES string of the molecule is O=S1(=O)CCC(CCOc2ccc3ccc(-c4cccnc4)cc3c2)C1. The molecule has 0 spiro atoms. The van der Waals surface area contributed by atoms with E-state index in [-0.39, 0.29) is 5.92 Å². The zero-order valence-corrected chi connectivity index (χ0v) is 15.3. The number of nitrogens with zero attached hydrogens (tertiary/aromatic N) is 1. The Balaban J connectivity index is 1.46. The van der Waals surface area contributed by atoms with Crippen LogP contribution in [0.1, 0.15) is 12.8 Å². The Kier molecular flexibility index (Phi) is 4.64. The van der Waals surface area contributed by atoms with Gasteiger partial charge in [-0.2, -0.15) is 0 Å². The Morgan fingerprint density at radius 2 is 1.92 bits per heavy atom. The molecule has 0 bridgehead atoms. The summed E-state index contributed by atoms with van der Waals surface area (Å²) in [6, 6.07) is 16.4. The zero-order valence-electron chi connectivity index (χ0n) is 14.5. The number of sulfone groups is 1. The zero-order chi connectivity index (χ0) is 18.0. The van der Waals surface area contributed by atoms with Gasteiger partial charge in [-0.15, -0.1) is 0 Å². The van der Waals surface area contributed by atoms with Crippen molar-refractivity contribution in [1.82, 2.24) is 4.98 Å². The second-order valence-electron chi connectivity index (χ2n) is 6.87. The lowest BCUT2D eigenvalue weighted by molar-refractivity contribution is 0.286. The van der Waals surface area contributed by atoms with Crippen LogP contribution >= 0.6 is 0 Å². The first kappa shape index (κ1) is 17.0. The van der Waals surface area contributed by atoms with Crippen molar-refractivity contribution in [2.24, 2.45) is 5.92 Å². The topological polar surface area (TPSA) is 56.3 Å². The van der Waals surface area contributed by atoms with E-state index in [1.807, 2.05) is 30.5 Å². The van der Waals surface area contributed by atoms with Crippen LogP contribution in [-0.2, 0) is 9.84 Å². The molecular weight excluding hydrogens is 346 g/mol. The van der Waals surface area contributed by atoms with Crippen molar-refractivity contribution in [3.63, 3.8) is 0 Å². The third kappa shape index (κ3) is 3.88. The Morgan fingerprint density at radius 3 is 2.69 bits per heavy atom. The van der Waals surface area contributed by atoms with Crippen molar-refractivity contribution in [2.75, 3.05) is 18.1 Å². The summed E-state index contributed by atoms with van der Waals surface area (Å²) in [5.74, 6) is 1.69. The van der Waals surface area contributed by atoms with E-state index in [0.29, 0.717) is 18.1 Å². The molecule has 3 aromatic rings. The van der Waals surface area contributed by atoms with Gasteiger partial charge in [0.05, 0.1) is 18.1 Å². The molecule has 0 aliphatic carbocycles. The molecule has 2 aromatic carbocycles. The predicted molar refractivity (Wildman–Crippen MR) is 104 cm³/mol. The van der Waals surface area contributed by atoms with E-state index in [4.69, 9.17) is 4.74 Å². The Bertz CT molecular complexity index is 1020. The highest BCUT2D eigenvalue weighted by atomic mass is 32.2. The fourth-order valence-electron chi connectivity index (χ4n) is 3.47. The maximum absolute atomic E-state index is 11.5. The minimum absolute atomic E-state index is 0.234. The molecule has 1 saturated heterocycles. The summed E-state index contributed by atoms with van der Waals surface area (Å²) >= 11 is 0. The van der Waals surface area contributed by atoms with Crippen LogP contribution in [0.3, 0.4) is 0 Å². The third-order valence-electron chi connectivity index (χ3n) is 4.93. The Morgan fingerprint density at radius 1 is 1.04 bits per heavy atom. The smallest absolute Gasteiger partial charge is 0.150 e. The largest absolute Gasteiger partial charge is 0.494 e. The van der Waals surface area contributed by atoms with Crippen molar-refractivity contribution in [2.45, 2.75) is 12.8 Å². The molecule has 4 rings (SSSR count). The number of rotatable bonds is 5. The first-order chi connectivity index (χ1) is 12.6. The van der Waals surface area contributed by atoms with E-state index < -0.39 is 9.84 Å². The van der Waals surface area contributed by atoms with Gasteiger partial charge in [0, 0.05) is 18.0 Å². The molecule has 26 heavy (non-hydrogen) atoms. The maximum Gasteiger partial charge on any atom is 0.150 e. The average molecular weight is 367 g/mol. The van der Waals surface area contributed by atoms with Gasteiger partial charge in [0.25, 0.3) is 0 Å². The van der Waals surface area contributed by atoms with Crippen LogP contribution in [0.25, 0.3) is 21.9 Å². The summed E-state index contributed by atoms with van der Waals surface area (Å²) in [5, 5.41) is 2.28. The molecule has 5 heteroatoms. The van der Waals surface area contributed by atoms with E-state index in [0.717, 1.165) is 40.5 Å². The molecule has 1 aromatic heterocycles. The van der Waals surface area contributed by atoms with Gasteiger partial charge >= 0.3 is 0 Å². The minimum Gasteiger partial charge on any atom is -0.494 e. The summed E-state index contributed by atoms with van der Waals surface area (Å²) < 4.78 is 28.9. The van der Waals surface area contributed by atoms with Gasteiger partial charge in [0.15, 0.2) is 9.84 Å². The average Bonchev–Trinajstić information content (AvgIpc) is 3.00.